The van der Waals surface area contributed by atoms with E-state index < -0.39 is 11.5 Å². The average Bonchev–Trinajstić information content (AvgIpc) is 2.21. The zero-order valence-corrected chi connectivity index (χ0v) is 10.2. The second-order valence-corrected chi connectivity index (χ2v) is 4.13. The van der Waals surface area contributed by atoms with Crippen molar-refractivity contribution in [3.63, 3.8) is 0 Å². The second kappa shape index (κ2) is 5.64. The van der Waals surface area contributed by atoms with Crippen LogP contribution in [0.5, 0.6) is 0 Å². The van der Waals surface area contributed by atoms with Crippen LogP contribution in [0.4, 0.5) is 10.2 Å². The molecule has 0 aliphatic rings. The van der Waals surface area contributed by atoms with Gasteiger partial charge in [-0.15, -0.1) is 11.8 Å². The topological polar surface area (TPSA) is 50.5 Å². The lowest BCUT2D eigenvalue weighted by molar-refractivity contribution is 0.590. The number of thioether (sulfide) groups is 1. The number of aromatic nitrogens is 2. The Morgan fingerprint density at radius 3 is 2.94 bits per heavy atom. The third-order valence-electron chi connectivity index (χ3n) is 1.61. The number of aliphatic imine (C=N–C) groups is 1. The molecule has 0 radical (unpaired) electrons. The standard InChI is InChI=1S/C9H13FN4OS/c1-13(2)5-11-8-7(10)4-14(6-16-3)9(15)12-8/h4-5H,6H2,1-3H3/b11-5-. The van der Waals surface area contributed by atoms with Crippen molar-refractivity contribution < 1.29 is 4.39 Å². The van der Waals surface area contributed by atoms with Crippen molar-refractivity contribution in [2.75, 3.05) is 20.4 Å². The van der Waals surface area contributed by atoms with Crippen LogP contribution in [-0.4, -0.2) is 41.1 Å². The lowest BCUT2D eigenvalue weighted by Crippen LogP contribution is -2.22. The predicted octanol–water partition coefficient (Wildman–Crippen LogP) is 0.924. The van der Waals surface area contributed by atoms with E-state index in [9.17, 15) is 9.18 Å². The highest BCUT2D eigenvalue weighted by Crippen LogP contribution is 2.10. The van der Waals surface area contributed by atoms with Crippen LogP contribution in [0.3, 0.4) is 0 Å². The Hall–Kier alpha value is -1.37. The first kappa shape index (κ1) is 12.7. The van der Waals surface area contributed by atoms with Gasteiger partial charge in [-0.05, 0) is 6.26 Å². The summed E-state index contributed by atoms with van der Waals surface area (Å²) in [6, 6.07) is 0. The van der Waals surface area contributed by atoms with Crippen molar-refractivity contribution in [1.29, 1.82) is 0 Å². The molecule has 1 rings (SSSR count). The summed E-state index contributed by atoms with van der Waals surface area (Å²) in [5.74, 6) is -0.414. The molecule has 0 aromatic carbocycles. The van der Waals surface area contributed by atoms with Crippen LogP contribution >= 0.6 is 11.8 Å². The predicted molar refractivity (Wildman–Crippen MR) is 63.8 cm³/mol. The summed E-state index contributed by atoms with van der Waals surface area (Å²) in [5, 5.41) is 0. The van der Waals surface area contributed by atoms with Gasteiger partial charge in [-0.25, -0.2) is 14.2 Å². The largest absolute Gasteiger partial charge is 0.369 e. The summed E-state index contributed by atoms with van der Waals surface area (Å²) >= 11 is 1.41. The molecule has 16 heavy (non-hydrogen) atoms. The van der Waals surface area contributed by atoms with Gasteiger partial charge in [0, 0.05) is 20.3 Å². The molecule has 5 nitrogen and oxygen atoms in total. The van der Waals surface area contributed by atoms with Gasteiger partial charge in [0.25, 0.3) is 0 Å². The third-order valence-corrected chi connectivity index (χ3v) is 2.15. The highest BCUT2D eigenvalue weighted by atomic mass is 32.2. The van der Waals surface area contributed by atoms with Crippen molar-refractivity contribution in [3.05, 3.63) is 22.5 Å². The van der Waals surface area contributed by atoms with Gasteiger partial charge in [0.1, 0.15) is 0 Å². The maximum absolute atomic E-state index is 13.4. The summed E-state index contributed by atoms with van der Waals surface area (Å²) in [5.41, 5.74) is -0.498. The van der Waals surface area contributed by atoms with E-state index in [2.05, 4.69) is 9.98 Å². The van der Waals surface area contributed by atoms with Crippen LogP contribution in [0.25, 0.3) is 0 Å². The quantitative estimate of drug-likeness (QED) is 0.584. The van der Waals surface area contributed by atoms with E-state index in [1.807, 2.05) is 6.26 Å². The molecule has 0 unspecified atom stereocenters. The van der Waals surface area contributed by atoms with Gasteiger partial charge >= 0.3 is 5.69 Å². The normalized spacial score (nSPS) is 11.0. The molecule has 7 heteroatoms. The molecule has 0 bridgehead atoms. The van der Waals surface area contributed by atoms with Crippen LogP contribution in [-0.2, 0) is 5.88 Å². The van der Waals surface area contributed by atoms with Crippen molar-refractivity contribution in [1.82, 2.24) is 14.5 Å². The van der Waals surface area contributed by atoms with Crippen molar-refractivity contribution in [3.8, 4) is 0 Å². The molecule has 1 heterocycles. The van der Waals surface area contributed by atoms with Gasteiger partial charge in [-0.2, -0.15) is 4.98 Å². The Kier molecular flexibility index (Phi) is 4.48. The van der Waals surface area contributed by atoms with Gasteiger partial charge < -0.3 is 4.90 Å². The number of nitrogens with zero attached hydrogens (tertiary/aromatic N) is 4. The van der Waals surface area contributed by atoms with Gasteiger partial charge in [0.05, 0.1) is 12.2 Å². The zero-order chi connectivity index (χ0) is 12.1. The molecule has 88 valence electrons. The number of halogens is 1. The Morgan fingerprint density at radius 1 is 1.69 bits per heavy atom. The number of rotatable bonds is 4. The van der Waals surface area contributed by atoms with E-state index in [1.165, 1.54) is 22.7 Å². The minimum atomic E-state index is -0.605. The first-order valence-corrected chi connectivity index (χ1v) is 5.90. The zero-order valence-electron chi connectivity index (χ0n) is 9.35. The van der Waals surface area contributed by atoms with Crippen LogP contribution < -0.4 is 5.69 Å². The maximum atomic E-state index is 13.4. The van der Waals surface area contributed by atoms with E-state index in [0.717, 1.165) is 6.20 Å². The summed E-state index contributed by atoms with van der Waals surface area (Å²) in [6.45, 7) is 0. The number of hydrogen-bond donors (Lipinski definition) is 0. The van der Waals surface area contributed by atoms with Crippen molar-refractivity contribution in [2.24, 2.45) is 4.99 Å². The maximum Gasteiger partial charge on any atom is 0.350 e. The van der Waals surface area contributed by atoms with E-state index >= 15 is 0 Å². The first-order chi connectivity index (χ1) is 7.54. The fraction of sp³-hybridized carbons (Fsp3) is 0.444. The van der Waals surface area contributed by atoms with E-state index in [-0.39, 0.29) is 5.82 Å². The van der Waals surface area contributed by atoms with Gasteiger partial charge in [0.15, 0.2) is 11.6 Å². The molecule has 1 aromatic rings. The highest BCUT2D eigenvalue weighted by Gasteiger charge is 2.06. The van der Waals surface area contributed by atoms with Gasteiger partial charge in [-0.3, -0.25) is 4.57 Å². The Balaban J connectivity index is 3.06. The van der Waals surface area contributed by atoms with E-state index in [1.54, 1.807) is 19.0 Å². The van der Waals surface area contributed by atoms with E-state index in [0.29, 0.717) is 5.88 Å². The Morgan fingerprint density at radius 2 is 2.38 bits per heavy atom. The molecule has 0 saturated carbocycles. The highest BCUT2D eigenvalue weighted by molar-refractivity contribution is 7.97. The second-order valence-electron chi connectivity index (χ2n) is 3.29. The summed E-state index contributed by atoms with van der Waals surface area (Å²) in [7, 11) is 3.49. The average molecular weight is 244 g/mol. The minimum absolute atomic E-state index is 0.184. The lowest BCUT2D eigenvalue weighted by Gasteiger charge is -2.05. The fourth-order valence-electron chi connectivity index (χ4n) is 0.950. The molecular formula is C9H13FN4OS. The van der Waals surface area contributed by atoms with Crippen LogP contribution in [0.15, 0.2) is 16.0 Å². The molecule has 1 aromatic heterocycles. The molecular weight excluding hydrogens is 231 g/mol. The summed E-state index contributed by atoms with van der Waals surface area (Å²) < 4.78 is 14.6. The molecule has 0 N–H and O–H groups in total. The van der Waals surface area contributed by atoms with E-state index in [4.69, 9.17) is 0 Å². The Labute approximate surface area is 97.0 Å². The molecule has 0 amide bonds. The van der Waals surface area contributed by atoms with Crippen LogP contribution in [0.1, 0.15) is 0 Å². The first-order valence-electron chi connectivity index (χ1n) is 4.51. The molecule has 0 aliphatic carbocycles. The lowest BCUT2D eigenvalue weighted by atomic mass is 10.5. The monoisotopic (exact) mass is 244 g/mol. The van der Waals surface area contributed by atoms with Gasteiger partial charge in [0.2, 0.25) is 0 Å². The minimum Gasteiger partial charge on any atom is -0.369 e. The molecule has 0 aliphatic heterocycles. The van der Waals surface area contributed by atoms with Crippen LogP contribution in [0.2, 0.25) is 0 Å². The van der Waals surface area contributed by atoms with Crippen molar-refractivity contribution in [2.45, 2.75) is 5.88 Å². The van der Waals surface area contributed by atoms with Crippen molar-refractivity contribution >= 4 is 23.9 Å². The van der Waals surface area contributed by atoms with Gasteiger partial charge in [-0.1, -0.05) is 0 Å². The smallest absolute Gasteiger partial charge is 0.350 e. The third kappa shape index (κ3) is 3.34. The molecule has 0 fully saturated rings. The molecule has 0 spiro atoms. The SMILES string of the molecule is CSCn1cc(F)c(/N=C\N(C)C)nc1=O. The number of hydrogen-bond acceptors (Lipinski definition) is 4. The fourth-order valence-corrected chi connectivity index (χ4v) is 1.41. The summed E-state index contributed by atoms with van der Waals surface area (Å²) in [4.78, 5) is 20.4. The van der Waals surface area contributed by atoms with Crippen LogP contribution in [0, 0.1) is 5.82 Å². The molecule has 0 atom stereocenters. The summed E-state index contributed by atoms with van der Waals surface area (Å²) in [6.07, 6.45) is 4.33. The Bertz CT molecular complexity index is 444. The molecule has 0 saturated heterocycles.